The quantitative estimate of drug-likeness (QED) is 0.834. The van der Waals surface area contributed by atoms with Gasteiger partial charge in [-0.15, -0.1) is 0 Å². The maximum absolute atomic E-state index is 12.5. The Morgan fingerprint density at radius 2 is 1.58 bits per heavy atom. The highest BCUT2D eigenvalue weighted by atomic mass is 16.2. The van der Waals surface area contributed by atoms with Gasteiger partial charge in [0, 0.05) is 24.7 Å². The monoisotopic (exact) mass is 260 g/mol. The number of carbonyl (C=O) groups is 1. The normalized spacial score (nSPS) is 23.4. The largest absolute Gasteiger partial charge is 0.337 e. The van der Waals surface area contributed by atoms with Crippen molar-refractivity contribution < 1.29 is 4.79 Å². The SMILES string of the molecule is CN(C)[C@@H]1CCCC[C@H]1N(C)C(=O)c1ccccc1. The highest BCUT2D eigenvalue weighted by Crippen LogP contribution is 2.26. The number of hydrogen-bond donors (Lipinski definition) is 0. The molecule has 0 radical (unpaired) electrons. The molecule has 1 fully saturated rings. The summed E-state index contributed by atoms with van der Waals surface area (Å²) in [7, 11) is 6.18. The molecule has 1 saturated carbocycles. The maximum Gasteiger partial charge on any atom is 0.253 e. The summed E-state index contributed by atoms with van der Waals surface area (Å²) in [6.07, 6.45) is 4.79. The molecule has 0 unspecified atom stereocenters. The van der Waals surface area contributed by atoms with Crippen LogP contribution in [0, 0.1) is 0 Å². The molecule has 0 saturated heterocycles. The molecule has 1 aliphatic carbocycles. The minimum atomic E-state index is 0.138. The lowest BCUT2D eigenvalue weighted by Gasteiger charge is -2.41. The molecule has 0 aromatic heterocycles. The molecule has 1 aliphatic rings. The number of nitrogens with zero attached hydrogens (tertiary/aromatic N) is 2. The first-order valence-corrected chi connectivity index (χ1v) is 7.10. The maximum atomic E-state index is 12.5. The predicted octanol–water partition coefficient (Wildman–Crippen LogP) is 2.63. The summed E-state index contributed by atoms with van der Waals surface area (Å²) in [6, 6.07) is 10.4. The van der Waals surface area contributed by atoms with Gasteiger partial charge in [0.2, 0.25) is 0 Å². The van der Waals surface area contributed by atoms with Crippen molar-refractivity contribution in [3.8, 4) is 0 Å². The standard InChI is InChI=1S/C16H24N2O/c1-17(2)14-11-7-8-12-15(14)18(3)16(19)13-9-5-4-6-10-13/h4-6,9-10,14-15H,7-8,11-12H2,1-3H3/t14-,15-/m1/s1. The van der Waals surface area contributed by atoms with E-state index in [0.717, 1.165) is 12.0 Å². The van der Waals surface area contributed by atoms with Crippen molar-refractivity contribution in [2.75, 3.05) is 21.1 Å². The Bertz CT molecular complexity index is 416. The van der Waals surface area contributed by atoms with Crippen molar-refractivity contribution in [3.63, 3.8) is 0 Å². The molecule has 2 rings (SSSR count). The van der Waals surface area contributed by atoms with Crippen LogP contribution in [-0.4, -0.2) is 48.9 Å². The Morgan fingerprint density at radius 3 is 2.16 bits per heavy atom. The first-order valence-electron chi connectivity index (χ1n) is 7.10. The molecule has 1 aromatic carbocycles. The molecule has 3 heteroatoms. The molecule has 0 heterocycles. The molecular formula is C16H24N2O. The molecule has 104 valence electrons. The van der Waals surface area contributed by atoms with Crippen molar-refractivity contribution in [1.29, 1.82) is 0 Å². The first kappa shape index (κ1) is 14.1. The Hall–Kier alpha value is -1.35. The van der Waals surface area contributed by atoms with E-state index in [-0.39, 0.29) is 5.91 Å². The first-order chi connectivity index (χ1) is 9.11. The molecule has 19 heavy (non-hydrogen) atoms. The van der Waals surface area contributed by atoms with Gasteiger partial charge in [-0.05, 0) is 39.1 Å². The van der Waals surface area contributed by atoms with Crippen LogP contribution < -0.4 is 0 Å². The van der Waals surface area contributed by atoms with Crippen molar-refractivity contribution in [2.45, 2.75) is 37.8 Å². The highest BCUT2D eigenvalue weighted by molar-refractivity contribution is 5.94. The van der Waals surface area contributed by atoms with Gasteiger partial charge in [-0.3, -0.25) is 4.79 Å². The number of hydrogen-bond acceptors (Lipinski definition) is 2. The summed E-state index contributed by atoms with van der Waals surface area (Å²) in [5.41, 5.74) is 0.785. The Morgan fingerprint density at radius 1 is 1.00 bits per heavy atom. The van der Waals surface area contributed by atoms with Crippen LogP contribution in [0.3, 0.4) is 0 Å². The second-order valence-corrected chi connectivity index (χ2v) is 5.66. The molecule has 0 aliphatic heterocycles. The smallest absolute Gasteiger partial charge is 0.253 e. The number of likely N-dealkylation sites (N-methyl/N-ethyl adjacent to an activating group) is 2. The molecule has 2 atom stereocenters. The molecule has 1 amide bonds. The fourth-order valence-electron chi connectivity index (χ4n) is 3.08. The van der Waals surface area contributed by atoms with Crippen LogP contribution in [0.15, 0.2) is 30.3 Å². The third-order valence-electron chi connectivity index (χ3n) is 4.20. The van der Waals surface area contributed by atoms with E-state index in [4.69, 9.17) is 0 Å². The predicted molar refractivity (Wildman–Crippen MR) is 78.3 cm³/mol. The number of amides is 1. The molecule has 0 N–H and O–H groups in total. The van der Waals surface area contributed by atoms with E-state index < -0.39 is 0 Å². The molecule has 1 aromatic rings. The van der Waals surface area contributed by atoms with Gasteiger partial charge in [0.15, 0.2) is 0 Å². The van der Waals surface area contributed by atoms with Crippen molar-refractivity contribution in [1.82, 2.24) is 9.80 Å². The Kier molecular flexibility index (Phi) is 4.59. The molecule has 3 nitrogen and oxygen atoms in total. The lowest BCUT2D eigenvalue weighted by molar-refractivity contribution is 0.0544. The number of benzene rings is 1. The van der Waals surface area contributed by atoms with Gasteiger partial charge in [-0.25, -0.2) is 0 Å². The van der Waals surface area contributed by atoms with E-state index in [9.17, 15) is 4.79 Å². The number of carbonyl (C=O) groups excluding carboxylic acids is 1. The topological polar surface area (TPSA) is 23.6 Å². The molecule has 0 bridgehead atoms. The van der Waals surface area contributed by atoms with Gasteiger partial charge in [0.05, 0.1) is 0 Å². The summed E-state index contributed by atoms with van der Waals surface area (Å²) >= 11 is 0. The van der Waals surface area contributed by atoms with E-state index >= 15 is 0 Å². The van der Waals surface area contributed by atoms with Crippen LogP contribution in [0.5, 0.6) is 0 Å². The van der Waals surface area contributed by atoms with Gasteiger partial charge < -0.3 is 9.80 Å². The lowest BCUT2D eigenvalue weighted by atomic mass is 9.88. The van der Waals surface area contributed by atoms with Gasteiger partial charge in [0.1, 0.15) is 0 Å². The summed E-state index contributed by atoms with van der Waals surface area (Å²) in [6.45, 7) is 0. The summed E-state index contributed by atoms with van der Waals surface area (Å²) < 4.78 is 0. The highest BCUT2D eigenvalue weighted by Gasteiger charge is 2.32. The van der Waals surface area contributed by atoms with Crippen molar-refractivity contribution in [3.05, 3.63) is 35.9 Å². The van der Waals surface area contributed by atoms with Gasteiger partial charge >= 0.3 is 0 Å². The van der Waals surface area contributed by atoms with E-state index in [1.54, 1.807) is 0 Å². The molecule has 0 spiro atoms. The van der Waals surface area contributed by atoms with Crippen LogP contribution >= 0.6 is 0 Å². The summed E-state index contributed by atoms with van der Waals surface area (Å²) in [5, 5.41) is 0. The average Bonchev–Trinajstić information content (AvgIpc) is 2.46. The third kappa shape index (κ3) is 3.16. The van der Waals surface area contributed by atoms with E-state index in [2.05, 4.69) is 19.0 Å². The van der Waals surface area contributed by atoms with Gasteiger partial charge in [-0.2, -0.15) is 0 Å². The third-order valence-corrected chi connectivity index (χ3v) is 4.20. The van der Waals surface area contributed by atoms with Gasteiger partial charge in [0.25, 0.3) is 5.91 Å². The minimum Gasteiger partial charge on any atom is -0.337 e. The summed E-state index contributed by atoms with van der Waals surface area (Å²) in [4.78, 5) is 16.7. The fraction of sp³-hybridized carbons (Fsp3) is 0.562. The lowest BCUT2D eigenvalue weighted by Crippen LogP contribution is -2.51. The van der Waals surface area contributed by atoms with Crippen molar-refractivity contribution in [2.24, 2.45) is 0 Å². The minimum absolute atomic E-state index is 0.138. The second-order valence-electron chi connectivity index (χ2n) is 5.66. The Balaban J connectivity index is 2.13. The summed E-state index contributed by atoms with van der Waals surface area (Å²) in [5.74, 6) is 0.138. The van der Waals surface area contributed by atoms with Crippen LogP contribution in [0.1, 0.15) is 36.0 Å². The fourth-order valence-corrected chi connectivity index (χ4v) is 3.08. The zero-order valence-electron chi connectivity index (χ0n) is 12.2. The Labute approximate surface area is 116 Å². The van der Waals surface area contributed by atoms with E-state index in [1.165, 1.54) is 19.3 Å². The second kappa shape index (κ2) is 6.20. The zero-order chi connectivity index (χ0) is 13.8. The van der Waals surface area contributed by atoms with Crippen LogP contribution in [-0.2, 0) is 0 Å². The average molecular weight is 260 g/mol. The van der Waals surface area contributed by atoms with E-state index in [0.29, 0.717) is 12.1 Å². The van der Waals surface area contributed by atoms with Crippen LogP contribution in [0.25, 0.3) is 0 Å². The van der Waals surface area contributed by atoms with Gasteiger partial charge in [-0.1, -0.05) is 31.0 Å². The number of rotatable bonds is 3. The van der Waals surface area contributed by atoms with Crippen LogP contribution in [0.4, 0.5) is 0 Å². The zero-order valence-corrected chi connectivity index (χ0v) is 12.2. The molecular weight excluding hydrogens is 236 g/mol. The van der Waals surface area contributed by atoms with Crippen molar-refractivity contribution >= 4 is 5.91 Å². The van der Waals surface area contributed by atoms with Crippen LogP contribution in [0.2, 0.25) is 0 Å². The van der Waals surface area contributed by atoms with E-state index in [1.807, 2.05) is 42.3 Å².